The molecule has 0 bridgehead atoms. The summed E-state index contributed by atoms with van der Waals surface area (Å²) in [5, 5.41) is 19.6. The summed E-state index contributed by atoms with van der Waals surface area (Å²) < 4.78 is 37.2. The first-order valence-electron chi connectivity index (χ1n) is 4.98. The molecule has 0 unspecified atom stereocenters. The Kier molecular flexibility index (Phi) is 4.80. The predicted octanol–water partition coefficient (Wildman–Crippen LogP) is 4.09. The lowest BCUT2D eigenvalue weighted by Crippen LogP contribution is -2.05. The standard InChI is InChI=1S/C12H7ClF3N3/c13-10-5-9(12(14,15)16)1-2-11(10)19-7-8(6-18)3-4-17/h1-2,5,7,19H,3H2/b8-7+. The quantitative estimate of drug-likeness (QED) is 0.851. The second-order valence-corrected chi connectivity index (χ2v) is 3.86. The number of benzene rings is 1. The molecule has 1 rings (SSSR count). The summed E-state index contributed by atoms with van der Waals surface area (Å²) in [6, 6.07) is 6.38. The molecule has 1 aromatic rings. The third-order valence-electron chi connectivity index (χ3n) is 2.11. The van der Waals surface area contributed by atoms with Crippen LogP contribution in [0.5, 0.6) is 0 Å². The van der Waals surface area contributed by atoms with Gasteiger partial charge in [-0.05, 0) is 18.2 Å². The average Bonchev–Trinajstić information content (AvgIpc) is 2.34. The molecule has 0 amide bonds. The van der Waals surface area contributed by atoms with Crippen LogP contribution in [-0.2, 0) is 6.18 Å². The van der Waals surface area contributed by atoms with Gasteiger partial charge in [-0.25, -0.2) is 0 Å². The van der Waals surface area contributed by atoms with Crippen molar-refractivity contribution in [3.8, 4) is 12.1 Å². The van der Waals surface area contributed by atoms with Crippen LogP contribution in [0.3, 0.4) is 0 Å². The number of nitrogens with zero attached hydrogens (tertiary/aromatic N) is 2. The zero-order chi connectivity index (χ0) is 14.5. The fourth-order valence-corrected chi connectivity index (χ4v) is 1.42. The van der Waals surface area contributed by atoms with Gasteiger partial charge < -0.3 is 5.32 Å². The minimum absolute atomic E-state index is 0.0955. The van der Waals surface area contributed by atoms with Crippen molar-refractivity contribution in [2.45, 2.75) is 12.6 Å². The summed E-state index contributed by atoms with van der Waals surface area (Å²) >= 11 is 5.70. The second kappa shape index (κ2) is 6.12. The summed E-state index contributed by atoms with van der Waals surface area (Å²) in [5.41, 5.74) is -0.483. The number of allylic oxidation sites excluding steroid dienone is 1. The van der Waals surface area contributed by atoms with Crippen molar-refractivity contribution >= 4 is 17.3 Å². The summed E-state index contributed by atoms with van der Waals surface area (Å²) in [4.78, 5) is 0. The van der Waals surface area contributed by atoms with Crippen LogP contribution < -0.4 is 5.32 Å². The SMILES string of the molecule is N#CC/C(C#N)=C\Nc1ccc(C(F)(F)F)cc1Cl. The van der Waals surface area contributed by atoms with E-state index in [9.17, 15) is 13.2 Å². The molecular formula is C12H7ClF3N3. The first-order chi connectivity index (χ1) is 8.88. The van der Waals surface area contributed by atoms with E-state index in [1.54, 1.807) is 12.1 Å². The summed E-state index contributed by atoms with van der Waals surface area (Å²) in [5.74, 6) is 0. The number of halogens is 4. The number of hydrogen-bond acceptors (Lipinski definition) is 3. The van der Waals surface area contributed by atoms with Crippen LogP contribution in [0.1, 0.15) is 12.0 Å². The lowest BCUT2D eigenvalue weighted by atomic mass is 10.2. The Hall–Kier alpha value is -2.18. The van der Waals surface area contributed by atoms with Gasteiger partial charge in [0.1, 0.15) is 0 Å². The number of rotatable bonds is 3. The number of nitrogens with one attached hydrogen (secondary N) is 1. The van der Waals surface area contributed by atoms with Crippen molar-refractivity contribution in [3.63, 3.8) is 0 Å². The van der Waals surface area contributed by atoms with Crippen LogP contribution in [0.2, 0.25) is 5.02 Å². The highest BCUT2D eigenvalue weighted by molar-refractivity contribution is 6.33. The highest BCUT2D eigenvalue weighted by Crippen LogP contribution is 2.33. The Balaban J connectivity index is 2.94. The van der Waals surface area contributed by atoms with Crippen molar-refractivity contribution in [1.29, 1.82) is 10.5 Å². The molecule has 1 aromatic carbocycles. The van der Waals surface area contributed by atoms with Crippen molar-refractivity contribution in [2.24, 2.45) is 0 Å². The topological polar surface area (TPSA) is 59.6 Å². The average molecular weight is 286 g/mol. The van der Waals surface area contributed by atoms with Crippen molar-refractivity contribution in [1.82, 2.24) is 0 Å². The fourth-order valence-electron chi connectivity index (χ4n) is 1.18. The Morgan fingerprint density at radius 1 is 1.37 bits per heavy atom. The van der Waals surface area contributed by atoms with Crippen molar-refractivity contribution in [3.05, 3.63) is 40.6 Å². The van der Waals surface area contributed by atoms with Crippen LogP contribution in [0.15, 0.2) is 30.0 Å². The van der Waals surface area contributed by atoms with Crippen LogP contribution in [0.4, 0.5) is 18.9 Å². The minimum atomic E-state index is -4.46. The summed E-state index contributed by atoms with van der Waals surface area (Å²) in [6.45, 7) is 0. The smallest absolute Gasteiger partial charge is 0.359 e. The molecule has 0 aliphatic rings. The zero-order valence-electron chi connectivity index (χ0n) is 9.42. The molecule has 0 saturated carbocycles. The monoisotopic (exact) mass is 285 g/mol. The van der Waals surface area contributed by atoms with E-state index in [4.69, 9.17) is 22.1 Å². The first-order valence-corrected chi connectivity index (χ1v) is 5.35. The van der Waals surface area contributed by atoms with Gasteiger partial charge in [0.2, 0.25) is 0 Å². The number of anilines is 1. The largest absolute Gasteiger partial charge is 0.416 e. The maximum absolute atomic E-state index is 12.4. The van der Waals surface area contributed by atoms with Crippen LogP contribution in [-0.4, -0.2) is 0 Å². The molecule has 0 heterocycles. The summed E-state index contributed by atoms with van der Waals surface area (Å²) in [7, 11) is 0. The van der Waals surface area contributed by atoms with E-state index in [0.717, 1.165) is 18.2 Å². The molecular weight excluding hydrogens is 279 g/mol. The van der Waals surface area contributed by atoms with Gasteiger partial charge >= 0.3 is 6.18 Å². The van der Waals surface area contributed by atoms with Gasteiger partial charge in [0, 0.05) is 6.20 Å². The molecule has 7 heteroatoms. The lowest BCUT2D eigenvalue weighted by molar-refractivity contribution is -0.137. The first kappa shape index (κ1) is 14.9. The second-order valence-electron chi connectivity index (χ2n) is 3.45. The van der Waals surface area contributed by atoms with Gasteiger partial charge in [-0.2, -0.15) is 23.7 Å². The van der Waals surface area contributed by atoms with Crippen molar-refractivity contribution in [2.75, 3.05) is 5.32 Å². The fraction of sp³-hybridized carbons (Fsp3) is 0.167. The molecule has 0 atom stereocenters. The maximum Gasteiger partial charge on any atom is 0.416 e. The molecule has 0 aliphatic heterocycles. The van der Waals surface area contributed by atoms with Crippen molar-refractivity contribution < 1.29 is 13.2 Å². The van der Waals surface area contributed by atoms with Gasteiger partial charge in [0.25, 0.3) is 0 Å². The molecule has 0 aliphatic carbocycles. The minimum Gasteiger partial charge on any atom is -0.359 e. The Morgan fingerprint density at radius 2 is 2.05 bits per heavy atom. The van der Waals surface area contributed by atoms with E-state index in [-0.39, 0.29) is 22.7 Å². The van der Waals surface area contributed by atoms with E-state index >= 15 is 0 Å². The Labute approximate surface area is 112 Å². The third-order valence-corrected chi connectivity index (χ3v) is 2.42. The molecule has 98 valence electrons. The number of nitriles is 2. The van der Waals surface area contributed by atoms with E-state index in [1.165, 1.54) is 6.20 Å². The zero-order valence-corrected chi connectivity index (χ0v) is 10.2. The molecule has 3 nitrogen and oxygen atoms in total. The number of hydrogen-bond donors (Lipinski definition) is 1. The van der Waals surface area contributed by atoms with Gasteiger partial charge in [-0.15, -0.1) is 0 Å². The third kappa shape index (κ3) is 4.20. The van der Waals surface area contributed by atoms with Gasteiger partial charge in [-0.3, -0.25) is 0 Å². The Morgan fingerprint density at radius 3 is 2.53 bits per heavy atom. The molecule has 0 fully saturated rings. The maximum atomic E-state index is 12.4. The van der Waals surface area contributed by atoms with Crippen LogP contribution >= 0.6 is 11.6 Å². The van der Waals surface area contributed by atoms with E-state index in [2.05, 4.69) is 5.32 Å². The number of alkyl halides is 3. The van der Waals surface area contributed by atoms with E-state index < -0.39 is 11.7 Å². The van der Waals surface area contributed by atoms with Gasteiger partial charge in [0.05, 0.1) is 40.4 Å². The highest BCUT2D eigenvalue weighted by Gasteiger charge is 2.30. The van der Waals surface area contributed by atoms with Gasteiger partial charge in [-0.1, -0.05) is 11.6 Å². The molecule has 0 saturated heterocycles. The predicted molar refractivity (Wildman–Crippen MR) is 64.0 cm³/mol. The molecule has 0 radical (unpaired) electrons. The van der Waals surface area contributed by atoms with Crippen LogP contribution in [0.25, 0.3) is 0 Å². The van der Waals surface area contributed by atoms with E-state index in [0.29, 0.717) is 0 Å². The summed E-state index contributed by atoms with van der Waals surface area (Å²) in [6.07, 6.45) is -3.32. The molecule has 19 heavy (non-hydrogen) atoms. The molecule has 0 aromatic heterocycles. The molecule has 1 N–H and O–H groups in total. The normalized spacial score (nSPS) is 11.6. The van der Waals surface area contributed by atoms with Crippen LogP contribution in [0, 0.1) is 22.7 Å². The molecule has 0 spiro atoms. The van der Waals surface area contributed by atoms with Gasteiger partial charge in [0.15, 0.2) is 0 Å². The Bertz CT molecular complexity index is 579. The van der Waals surface area contributed by atoms with E-state index in [1.807, 2.05) is 0 Å². The lowest BCUT2D eigenvalue weighted by Gasteiger charge is -2.09. The highest BCUT2D eigenvalue weighted by atomic mass is 35.5.